The fourth-order valence-corrected chi connectivity index (χ4v) is 3.78. The van der Waals surface area contributed by atoms with Gasteiger partial charge in [0.15, 0.2) is 0 Å². The first-order valence-corrected chi connectivity index (χ1v) is 9.96. The number of morpholine rings is 1. The zero-order valence-corrected chi connectivity index (χ0v) is 16.2. The van der Waals surface area contributed by atoms with Gasteiger partial charge in [-0.1, -0.05) is 18.2 Å². The smallest absolute Gasteiger partial charge is 0.227 e. The molecule has 1 aromatic carbocycles. The third-order valence-corrected chi connectivity index (χ3v) is 5.27. The Hall–Kier alpha value is -3.19. The highest BCUT2D eigenvalue weighted by molar-refractivity contribution is 5.68. The molecule has 0 saturated carbocycles. The topological polar surface area (TPSA) is 63.6 Å². The summed E-state index contributed by atoms with van der Waals surface area (Å²) in [4.78, 5) is 18.5. The summed E-state index contributed by atoms with van der Waals surface area (Å²) in [5.41, 5.74) is 3.26. The molecule has 148 valence electrons. The van der Waals surface area contributed by atoms with E-state index in [1.807, 2.05) is 18.2 Å². The minimum absolute atomic E-state index is 0.399. The van der Waals surface area contributed by atoms with Crippen LogP contribution in [0.3, 0.4) is 0 Å². The fourth-order valence-electron chi connectivity index (χ4n) is 3.78. The largest absolute Gasteiger partial charge is 0.486 e. The van der Waals surface area contributed by atoms with Crippen molar-refractivity contribution in [3.8, 4) is 5.75 Å². The van der Waals surface area contributed by atoms with Crippen LogP contribution in [0.4, 0.5) is 17.5 Å². The van der Waals surface area contributed by atoms with Gasteiger partial charge in [-0.25, -0.2) is 4.98 Å². The van der Waals surface area contributed by atoms with Gasteiger partial charge in [-0.15, -0.1) is 0 Å². The van der Waals surface area contributed by atoms with Crippen LogP contribution < -0.4 is 14.5 Å². The van der Waals surface area contributed by atoms with Gasteiger partial charge in [0, 0.05) is 37.1 Å². The SMILES string of the molecule is c1ccc(N2CCc3c(COc4cccnc4)nc(N4CCOCC4)nc32)cc1. The van der Waals surface area contributed by atoms with Gasteiger partial charge in [-0.3, -0.25) is 4.98 Å². The van der Waals surface area contributed by atoms with Crippen molar-refractivity contribution in [1.82, 2.24) is 15.0 Å². The molecule has 7 heteroatoms. The van der Waals surface area contributed by atoms with Gasteiger partial charge in [0.05, 0.1) is 25.1 Å². The Labute approximate surface area is 169 Å². The predicted octanol–water partition coefficient (Wildman–Crippen LogP) is 2.98. The van der Waals surface area contributed by atoms with E-state index in [1.54, 1.807) is 12.4 Å². The number of para-hydroxylation sites is 1. The number of hydrogen-bond acceptors (Lipinski definition) is 7. The molecule has 2 aliphatic rings. The summed E-state index contributed by atoms with van der Waals surface area (Å²) < 4.78 is 11.5. The number of nitrogens with zero attached hydrogens (tertiary/aromatic N) is 5. The van der Waals surface area contributed by atoms with Crippen LogP contribution in [0.2, 0.25) is 0 Å². The van der Waals surface area contributed by atoms with Crippen LogP contribution in [0.1, 0.15) is 11.3 Å². The normalized spacial score (nSPS) is 16.0. The van der Waals surface area contributed by atoms with E-state index < -0.39 is 0 Å². The van der Waals surface area contributed by atoms with Gasteiger partial charge >= 0.3 is 0 Å². The summed E-state index contributed by atoms with van der Waals surface area (Å²) in [7, 11) is 0. The second-order valence-corrected chi connectivity index (χ2v) is 7.09. The summed E-state index contributed by atoms with van der Waals surface area (Å²) >= 11 is 0. The maximum absolute atomic E-state index is 5.99. The summed E-state index contributed by atoms with van der Waals surface area (Å²) in [5.74, 6) is 2.47. The number of benzene rings is 1. The lowest BCUT2D eigenvalue weighted by Gasteiger charge is -2.28. The van der Waals surface area contributed by atoms with Crippen LogP contribution in [-0.2, 0) is 17.8 Å². The average Bonchev–Trinajstić information content (AvgIpc) is 3.23. The molecule has 0 amide bonds. The molecule has 0 radical (unpaired) electrons. The molecule has 0 aliphatic carbocycles. The Morgan fingerprint density at radius 1 is 0.966 bits per heavy atom. The summed E-state index contributed by atoms with van der Waals surface area (Å²) in [5, 5.41) is 0. The number of fused-ring (bicyclic) bond motifs is 1. The molecule has 5 rings (SSSR count). The van der Waals surface area contributed by atoms with Crippen molar-refractivity contribution >= 4 is 17.5 Å². The lowest BCUT2D eigenvalue weighted by atomic mass is 10.2. The molecule has 0 unspecified atom stereocenters. The van der Waals surface area contributed by atoms with Gasteiger partial charge in [-0.05, 0) is 30.7 Å². The Bertz CT molecular complexity index is 962. The van der Waals surface area contributed by atoms with E-state index in [4.69, 9.17) is 19.4 Å². The molecule has 0 spiro atoms. The van der Waals surface area contributed by atoms with E-state index in [0.29, 0.717) is 19.8 Å². The van der Waals surface area contributed by atoms with Gasteiger partial charge < -0.3 is 19.3 Å². The molecule has 29 heavy (non-hydrogen) atoms. The third kappa shape index (κ3) is 3.73. The molecule has 2 aromatic heterocycles. The Kier molecular flexibility index (Phi) is 4.96. The van der Waals surface area contributed by atoms with Crippen LogP contribution in [-0.4, -0.2) is 47.8 Å². The third-order valence-electron chi connectivity index (χ3n) is 5.27. The predicted molar refractivity (Wildman–Crippen MR) is 111 cm³/mol. The zero-order chi connectivity index (χ0) is 19.5. The van der Waals surface area contributed by atoms with Crippen molar-refractivity contribution in [3.63, 3.8) is 0 Å². The van der Waals surface area contributed by atoms with Crippen molar-refractivity contribution in [2.24, 2.45) is 0 Å². The van der Waals surface area contributed by atoms with Crippen molar-refractivity contribution in [2.45, 2.75) is 13.0 Å². The number of anilines is 3. The quantitative estimate of drug-likeness (QED) is 0.665. The van der Waals surface area contributed by atoms with E-state index in [0.717, 1.165) is 60.5 Å². The first-order chi connectivity index (χ1) is 14.4. The van der Waals surface area contributed by atoms with Crippen LogP contribution in [0, 0.1) is 0 Å². The van der Waals surface area contributed by atoms with Crippen LogP contribution in [0.15, 0.2) is 54.9 Å². The van der Waals surface area contributed by atoms with E-state index in [-0.39, 0.29) is 0 Å². The van der Waals surface area contributed by atoms with Gasteiger partial charge in [0.2, 0.25) is 5.95 Å². The van der Waals surface area contributed by atoms with E-state index in [2.05, 4.69) is 39.0 Å². The monoisotopic (exact) mass is 389 g/mol. The van der Waals surface area contributed by atoms with Crippen molar-refractivity contribution < 1.29 is 9.47 Å². The van der Waals surface area contributed by atoms with Crippen LogP contribution >= 0.6 is 0 Å². The first-order valence-electron chi connectivity index (χ1n) is 9.96. The first kappa shape index (κ1) is 17.9. The molecule has 1 fully saturated rings. The van der Waals surface area contributed by atoms with Crippen molar-refractivity contribution in [3.05, 3.63) is 66.1 Å². The second kappa shape index (κ2) is 8.05. The molecule has 4 heterocycles. The minimum atomic E-state index is 0.399. The molecule has 0 atom stereocenters. The highest BCUT2D eigenvalue weighted by atomic mass is 16.5. The lowest BCUT2D eigenvalue weighted by molar-refractivity contribution is 0.122. The number of rotatable bonds is 5. The Morgan fingerprint density at radius 2 is 1.83 bits per heavy atom. The summed E-state index contributed by atoms with van der Waals surface area (Å²) in [6, 6.07) is 14.2. The highest BCUT2D eigenvalue weighted by Gasteiger charge is 2.28. The number of hydrogen-bond donors (Lipinski definition) is 0. The van der Waals surface area contributed by atoms with E-state index >= 15 is 0 Å². The Balaban J connectivity index is 1.50. The maximum atomic E-state index is 5.99. The van der Waals surface area contributed by atoms with Crippen LogP contribution in [0.25, 0.3) is 0 Å². The van der Waals surface area contributed by atoms with Crippen molar-refractivity contribution in [2.75, 3.05) is 42.6 Å². The molecule has 2 aliphatic heterocycles. The van der Waals surface area contributed by atoms with Gasteiger partial charge in [0.25, 0.3) is 0 Å². The molecule has 3 aromatic rings. The van der Waals surface area contributed by atoms with E-state index in [1.165, 1.54) is 0 Å². The number of pyridine rings is 1. The molecular weight excluding hydrogens is 366 g/mol. The summed E-state index contributed by atoms with van der Waals surface area (Å²) in [6.45, 7) is 4.28. The lowest BCUT2D eigenvalue weighted by Crippen LogP contribution is -2.37. The second-order valence-electron chi connectivity index (χ2n) is 7.09. The highest BCUT2D eigenvalue weighted by Crippen LogP contribution is 2.36. The molecular formula is C22H23N5O2. The fraction of sp³-hybridized carbons (Fsp3) is 0.318. The van der Waals surface area contributed by atoms with Crippen LogP contribution in [0.5, 0.6) is 5.75 Å². The minimum Gasteiger partial charge on any atom is -0.486 e. The molecule has 7 nitrogen and oxygen atoms in total. The van der Waals surface area contributed by atoms with Crippen molar-refractivity contribution in [1.29, 1.82) is 0 Å². The standard InChI is InChI=1S/C22H23N5O2/c1-2-5-17(6-3-1)27-10-8-19-20(16-29-18-7-4-9-23-15-18)24-22(25-21(19)27)26-11-13-28-14-12-26/h1-7,9,15H,8,10-14,16H2. The summed E-state index contributed by atoms with van der Waals surface area (Å²) in [6.07, 6.45) is 4.36. The number of ether oxygens (including phenoxy) is 2. The van der Waals surface area contributed by atoms with Gasteiger partial charge in [-0.2, -0.15) is 4.98 Å². The van der Waals surface area contributed by atoms with E-state index in [9.17, 15) is 0 Å². The molecule has 0 N–H and O–H groups in total. The Morgan fingerprint density at radius 3 is 2.62 bits per heavy atom. The maximum Gasteiger partial charge on any atom is 0.227 e. The van der Waals surface area contributed by atoms with Gasteiger partial charge in [0.1, 0.15) is 18.2 Å². The molecule has 0 bridgehead atoms. The molecule has 1 saturated heterocycles. The zero-order valence-electron chi connectivity index (χ0n) is 16.2. The average molecular weight is 389 g/mol. The number of aromatic nitrogens is 3.